The third-order valence-electron chi connectivity index (χ3n) is 5.17. The molecule has 0 amide bonds. The van der Waals surface area contributed by atoms with Gasteiger partial charge in [-0.2, -0.15) is 0 Å². The van der Waals surface area contributed by atoms with Crippen molar-refractivity contribution in [1.82, 2.24) is 5.32 Å². The van der Waals surface area contributed by atoms with Gasteiger partial charge in [-0.25, -0.2) is 0 Å². The van der Waals surface area contributed by atoms with Crippen molar-refractivity contribution in [3.8, 4) is 0 Å². The van der Waals surface area contributed by atoms with Crippen molar-refractivity contribution in [2.24, 2.45) is 16.8 Å². The SMILES string of the molecule is CCC[C@H](C(=O)O)[C@H](Cc1ccc(N2CCNCC2)cc1)C(C)=NC. The van der Waals surface area contributed by atoms with Gasteiger partial charge in [-0.1, -0.05) is 25.5 Å². The number of aliphatic imine (C=N–C) groups is 1. The van der Waals surface area contributed by atoms with E-state index in [1.54, 1.807) is 7.05 Å². The molecule has 5 heteroatoms. The highest BCUT2D eigenvalue weighted by Crippen LogP contribution is 2.26. The monoisotopic (exact) mass is 345 g/mol. The third-order valence-corrected chi connectivity index (χ3v) is 5.17. The molecule has 0 aromatic heterocycles. The summed E-state index contributed by atoms with van der Waals surface area (Å²) in [5.74, 6) is -1.14. The Balaban J connectivity index is 2.13. The lowest BCUT2D eigenvalue weighted by Gasteiger charge is -2.29. The molecule has 2 rings (SSSR count). The predicted octanol–water partition coefficient (Wildman–Crippen LogP) is 2.85. The molecule has 0 unspecified atom stereocenters. The van der Waals surface area contributed by atoms with E-state index >= 15 is 0 Å². The van der Waals surface area contributed by atoms with E-state index in [2.05, 4.69) is 39.5 Å². The van der Waals surface area contributed by atoms with Crippen LogP contribution in [0.1, 0.15) is 32.3 Å². The molecule has 1 aliphatic rings. The van der Waals surface area contributed by atoms with Crippen molar-refractivity contribution in [3.05, 3.63) is 29.8 Å². The summed E-state index contributed by atoms with van der Waals surface area (Å²) in [6.07, 6.45) is 2.28. The molecule has 1 fully saturated rings. The summed E-state index contributed by atoms with van der Waals surface area (Å²) >= 11 is 0. The van der Waals surface area contributed by atoms with Crippen LogP contribution in [0.15, 0.2) is 29.3 Å². The summed E-state index contributed by atoms with van der Waals surface area (Å²) < 4.78 is 0. The molecule has 1 aliphatic heterocycles. The van der Waals surface area contributed by atoms with E-state index in [-0.39, 0.29) is 11.8 Å². The van der Waals surface area contributed by atoms with Gasteiger partial charge >= 0.3 is 5.97 Å². The smallest absolute Gasteiger partial charge is 0.307 e. The largest absolute Gasteiger partial charge is 0.481 e. The number of nitrogens with zero attached hydrogens (tertiary/aromatic N) is 2. The summed E-state index contributed by atoms with van der Waals surface area (Å²) in [6.45, 7) is 8.09. The van der Waals surface area contributed by atoms with Crippen LogP contribution in [0.4, 0.5) is 5.69 Å². The molecular formula is C20H31N3O2. The first-order valence-electron chi connectivity index (χ1n) is 9.27. The van der Waals surface area contributed by atoms with Gasteiger partial charge in [-0.15, -0.1) is 0 Å². The van der Waals surface area contributed by atoms with E-state index in [1.165, 1.54) is 11.3 Å². The predicted molar refractivity (Wildman–Crippen MR) is 104 cm³/mol. The minimum atomic E-state index is -0.715. The Morgan fingerprint density at radius 2 is 1.88 bits per heavy atom. The van der Waals surface area contributed by atoms with Crippen LogP contribution in [0.25, 0.3) is 0 Å². The first kappa shape index (κ1) is 19.4. The summed E-state index contributed by atoms with van der Waals surface area (Å²) in [7, 11) is 1.75. The maximum atomic E-state index is 11.7. The Morgan fingerprint density at radius 1 is 1.24 bits per heavy atom. The van der Waals surface area contributed by atoms with Crippen LogP contribution in [0.2, 0.25) is 0 Å². The molecule has 1 aromatic rings. The second-order valence-electron chi connectivity index (χ2n) is 6.81. The first-order chi connectivity index (χ1) is 12.1. The summed E-state index contributed by atoms with van der Waals surface area (Å²) in [4.78, 5) is 18.4. The molecule has 0 spiro atoms. The Hall–Kier alpha value is -1.88. The van der Waals surface area contributed by atoms with E-state index in [0.717, 1.165) is 44.7 Å². The van der Waals surface area contributed by atoms with Gasteiger partial charge in [-0.3, -0.25) is 9.79 Å². The van der Waals surface area contributed by atoms with Gasteiger partial charge in [0.1, 0.15) is 0 Å². The fraction of sp³-hybridized carbons (Fsp3) is 0.600. The van der Waals surface area contributed by atoms with Crippen molar-refractivity contribution in [3.63, 3.8) is 0 Å². The standard InChI is InChI=1S/C20H31N3O2/c1-4-5-18(20(24)25)19(15(2)21-3)14-16-6-8-17(9-7-16)23-12-10-22-11-13-23/h6-9,18-19,22H,4-5,10-14H2,1-3H3,(H,24,25)/t18-,19+/m0/s1. The number of benzene rings is 1. The van der Waals surface area contributed by atoms with E-state index in [0.29, 0.717) is 6.42 Å². The zero-order valence-electron chi connectivity index (χ0n) is 15.7. The molecule has 0 aliphatic carbocycles. The second kappa shape index (κ2) is 9.56. The number of carbonyl (C=O) groups is 1. The highest BCUT2D eigenvalue weighted by molar-refractivity contribution is 5.89. The molecule has 0 radical (unpaired) electrons. The van der Waals surface area contributed by atoms with Crippen LogP contribution in [-0.4, -0.2) is 50.0 Å². The minimum absolute atomic E-state index is 0.0486. The molecule has 1 saturated heterocycles. The van der Waals surface area contributed by atoms with Crippen LogP contribution in [0, 0.1) is 11.8 Å². The van der Waals surface area contributed by atoms with Crippen LogP contribution in [0.3, 0.4) is 0 Å². The lowest BCUT2D eigenvalue weighted by atomic mass is 9.81. The molecule has 2 N–H and O–H groups in total. The highest BCUT2D eigenvalue weighted by atomic mass is 16.4. The molecule has 5 nitrogen and oxygen atoms in total. The van der Waals surface area contributed by atoms with Gasteiger partial charge in [0, 0.05) is 50.5 Å². The quantitative estimate of drug-likeness (QED) is 0.711. The van der Waals surface area contributed by atoms with Crippen molar-refractivity contribution >= 4 is 17.4 Å². The molecule has 0 saturated carbocycles. The van der Waals surface area contributed by atoms with Gasteiger partial charge in [0.25, 0.3) is 0 Å². The van der Waals surface area contributed by atoms with Crippen molar-refractivity contribution in [2.75, 3.05) is 38.1 Å². The zero-order valence-corrected chi connectivity index (χ0v) is 15.7. The number of nitrogens with one attached hydrogen (secondary N) is 1. The van der Waals surface area contributed by atoms with E-state index in [9.17, 15) is 9.90 Å². The second-order valence-corrected chi connectivity index (χ2v) is 6.81. The van der Waals surface area contributed by atoms with Gasteiger partial charge in [-0.05, 0) is 37.5 Å². The van der Waals surface area contributed by atoms with Crippen molar-refractivity contribution < 1.29 is 9.90 Å². The number of carboxylic acids is 1. The Morgan fingerprint density at radius 3 is 2.40 bits per heavy atom. The van der Waals surface area contributed by atoms with Crippen LogP contribution in [-0.2, 0) is 11.2 Å². The molecule has 2 atom stereocenters. The number of carboxylic acid groups (broad SMARTS) is 1. The molecule has 1 heterocycles. The molecule has 138 valence electrons. The van der Waals surface area contributed by atoms with E-state index in [1.807, 2.05) is 13.8 Å². The summed E-state index contributed by atoms with van der Waals surface area (Å²) in [5.41, 5.74) is 3.34. The fourth-order valence-corrected chi connectivity index (χ4v) is 3.57. The molecular weight excluding hydrogens is 314 g/mol. The van der Waals surface area contributed by atoms with Crippen LogP contribution < -0.4 is 10.2 Å². The zero-order chi connectivity index (χ0) is 18.2. The Kier molecular flexibility index (Phi) is 7.44. The molecule has 0 bridgehead atoms. The van der Waals surface area contributed by atoms with Crippen molar-refractivity contribution in [1.29, 1.82) is 0 Å². The number of piperazine rings is 1. The molecule has 1 aromatic carbocycles. The number of hydrogen-bond acceptors (Lipinski definition) is 4. The normalized spacial score (nSPS) is 18.0. The third kappa shape index (κ3) is 5.30. The number of rotatable bonds is 8. The van der Waals surface area contributed by atoms with Gasteiger partial charge in [0.05, 0.1) is 5.92 Å². The summed E-state index contributed by atoms with van der Waals surface area (Å²) in [6, 6.07) is 8.59. The highest BCUT2D eigenvalue weighted by Gasteiger charge is 2.29. The average Bonchev–Trinajstić information content (AvgIpc) is 2.65. The number of anilines is 1. The summed E-state index contributed by atoms with van der Waals surface area (Å²) in [5, 5.41) is 13.0. The fourth-order valence-electron chi connectivity index (χ4n) is 3.57. The first-order valence-corrected chi connectivity index (χ1v) is 9.27. The maximum absolute atomic E-state index is 11.7. The van der Waals surface area contributed by atoms with Crippen LogP contribution >= 0.6 is 0 Å². The topological polar surface area (TPSA) is 64.9 Å². The van der Waals surface area contributed by atoms with Crippen LogP contribution in [0.5, 0.6) is 0 Å². The lowest BCUT2D eigenvalue weighted by molar-refractivity contribution is -0.143. The Labute approximate surface area is 151 Å². The maximum Gasteiger partial charge on any atom is 0.307 e. The van der Waals surface area contributed by atoms with E-state index in [4.69, 9.17) is 0 Å². The van der Waals surface area contributed by atoms with Crippen molar-refractivity contribution in [2.45, 2.75) is 33.1 Å². The number of hydrogen-bond donors (Lipinski definition) is 2. The minimum Gasteiger partial charge on any atom is -0.481 e. The Bertz CT molecular complexity index is 577. The van der Waals surface area contributed by atoms with Gasteiger partial charge in [0.2, 0.25) is 0 Å². The number of aliphatic carboxylic acids is 1. The van der Waals surface area contributed by atoms with Gasteiger partial charge < -0.3 is 15.3 Å². The molecule has 25 heavy (non-hydrogen) atoms. The average molecular weight is 345 g/mol. The lowest BCUT2D eigenvalue weighted by Crippen LogP contribution is -2.43. The van der Waals surface area contributed by atoms with E-state index < -0.39 is 5.97 Å². The van der Waals surface area contributed by atoms with Gasteiger partial charge in [0.15, 0.2) is 0 Å².